The zero-order valence-corrected chi connectivity index (χ0v) is 8.29. The fraction of sp³-hybridized carbons (Fsp3) is 0.200. The number of rotatable bonds is 2. The van der Waals surface area contributed by atoms with E-state index >= 15 is 0 Å². The first-order valence-corrected chi connectivity index (χ1v) is 4.53. The van der Waals surface area contributed by atoms with Gasteiger partial charge in [-0.3, -0.25) is 0 Å². The lowest BCUT2D eigenvalue weighted by atomic mass is 10.0. The minimum atomic E-state index is -4.33. The zero-order valence-electron chi connectivity index (χ0n) is 8.29. The Morgan fingerprint density at radius 3 is 2.53 bits per heavy atom. The lowest BCUT2D eigenvalue weighted by Crippen LogP contribution is -2.46. The zero-order chi connectivity index (χ0) is 12.5. The van der Waals surface area contributed by atoms with Gasteiger partial charge in [0.2, 0.25) is 5.88 Å². The van der Waals surface area contributed by atoms with Gasteiger partial charge in [-0.1, -0.05) is 6.08 Å². The first-order chi connectivity index (χ1) is 7.93. The summed E-state index contributed by atoms with van der Waals surface area (Å²) in [6.45, 7) is 0. The van der Waals surface area contributed by atoms with E-state index in [4.69, 9.17) is 4.74 Å². The molecule has 0 aromatic carbocycles. The first-order valence-electron chi connectivity index (χ1n) is 4.53. The van der Waals surface area contributed by atoms with Crippen molar-refractivity contribution in [1.82, 2.24) is 5.32 Å². The molecule has 0 fully saturated rings. The number of hydrogen-bond acceptors (Lipinski definition) is 3. The highest BCUT2D eigenvalue weighted by Gasteiger charge is 2.58. The molecule has 17 heavy (non-hydrogen) atoms. The molecule has 0 unspecified atom stereocenters. The normalized spacial score (nSPS) is 24.2. The van der Waals surface area contributed by atoms with E-state index in [0.717, 1.165) is 30.9 Å². The van der Waals surface area contributed by atoms with E-state index < -0.39 is 17.5 Å². The minimum Gasteiger partial charge on any atom is -0.464 e. The molecule has 0 aromatic rings. The third kappa shape index (κ3) is 2.00. The molecular formula is C10H7F4NO2. The smallest absolute Gasteiger partial charge is 0.353 e. The molecule has 0 saturated heterocycles. The molecule has 3 nitrogen and oxygen atoms in total. The fourth-order valence-corrected chi connectivity index (χ4v) is 1.23. The molecule has 0 atom stereocenters. The second-order valence-electron chi connectivity index (χ2n) is 3.27. The predicted octanol–water partition coefficient (Wildman–Crippen LogP) is 2.62. The largest absolute Gasteiger partial charge is 0.464 e. The third-order valence-electron chi connectivity index (χ3n) is 2.09. The third-order valence-corrected chi connectivity index (χ3v) is 2.09. The van der Waals surface area contributed by atoms with Gasteiger partial charge in [-0.05, 0) is 12.2 Å². The number of allylic oxidation sites excluding steroid dienone is 4. The molecule has 2 rings (SSSR count). The van der Waals surface area contributed by atoms with Gasteiger partial charge in [-0.25, -0.2) is 0 Å². The Hall–Kier alpha value is -1.92. The lowest BCUT2D eigenvalue weighted by molar-refractivity contribution is -0.158. The van der Waals surface area contributed by atoms with Gasteiger partial charge in [0.15, 0.2) is 6.26 Å². The Bertz CT molecular complexity index is 438. The van der Waals surface area contributed by atoms with Crippen LogP contribution in [0.4, 0.5) is 17.6 Å². The summed E-state index contributed by atoms with van der Waals surface area (Å²) < 4.78 is 62.0. The molecular weight excluding hydrogens is 242 g/mol. The number of halogens is 4. The first kappa shape index (κ1) is 11.6. The van der Waals surface area contributed by atoms with Gasteiger partial charge in [0.1, 0.15) is 12.5 Å². The molecule has 7 heteroatoms. The van der Waals surface area contributed by atoms with Gasteiger partial charge in [0.25, 0.3) is 0 Å². The summed E-state index contributed by atoms with van der Waals surface area (Å²) in [7, 11) is 0. The molecule has 0 amide bonds. The minimum absolute atomic E-state index is 0.144. The molecule has 1 heterocycles. The van der Waals surface area contributed by atoms with Crippen molar-refractivity contribution < 1.29 is 27.0 Å². The van der Waals surface area contributed by atoms with Gasteiger partial charge >= 0.3 is 11.8 Å². The Labute approximate surface area is 93.7 Å². The molecule has 0 spiro atoms. The van der Waals surface area contributed by atoms with Crippen molar-refractivity contribution in [3.63, 3.8) is 0 Å². The predicted molar refractivity (Wildman–Crippen MR) is 49.6 cm³/mol. The van der Waals surface area contributed by atoms with Crippen LogP contribution in [0.15, 0.2) is 48.6 Å². The van der Waals surface area contributed by atoms with Crippen LogP contribution in [-0.4, -0.2) is 11.8 Å². The van der Waals surface area contributed by atoms with Crippen molar-refractivity contribution >= 4 is 0 Å². The summed E-state index contributed by atoms with van der Waals surface area (Å²) in [6.07, 6.45) is 5.06. The van der Waals surface area contributed by atoms with Crippen LogP contribution in [0, 0.1) is 0 Å². The maximum atomic E-state index is 13.3. The van der Waals surface area contributed by atoms with E-state index in [0.29, 0.717) is 0 Å². The average Bonchev–Trinajstić information content (AvgIpc) is 2.27. The van der Waals surface area contributed by atoms with Gasteiger partial charge in [-0.15, -0.1) is 0 Å². The summed E-state index contributed by atoms with van der Waals surface area (Å²) in [5.74, 6) is -8.77. The molecule has 0 radical (unpaired) electrons. The van der Waals surface area contributed by atoms with Crippen LogP contribution in [0.3, 0.4) is 0 Å². The summed E-state index contributed by atoms with van der Waals surface area (Å²) in [5.41, 5.74) is -0.963. The molecule has 0 saturated carbocycles. The van der Waals surface area contributed by atoms with Crippen molar-refractivity contribution in [2.75, 3.05) is 0 Å². The number of hydrogen-bond donors (Lipinski definition) is 1. The number of ether oxygens (including phenoxy) is 2. The van der Waals surface area contributed by atoms with Crippen LogP contribution in [0.25, 0.3) is 0 Å². The van der Waals surface area contributed by atoms with Crippen LogP contribution in [0.5, 0.6) is 0 Å². The Balaban J connectivity index is 2.18. The van der Waals surface area contributed by atoms with Gasteiger partial charge in [0.05, 0.1) is 5.70 Å². The average molecular weight is 249 g/mol. The van der Waals surface area contributed by atoms with E-state index in [-0.39, 0.29) is 12.0 Å². The van der Waals surface area contributed by atoms with Crippen LogP contribution in [0.1, 0.15) is 0 Å². The van der Waals surface area contributed by atoms with E-state index in [2.05, 4.69) is 4.74 Å². The molecule has 92 valence electrons. The number of nitrogens with one attached hydrogen (secondary N) is 1. The maximum Gasteiger partial charge on any atom is 0.353 e. The highest BCUT2D eigenvalue weighted by atomic mass is 19.3. The van der Waals surface area contributed by atoms with E-state index in [1.807, 2.05) is 5.32 Å². The molecule has 2 aliphatic rings. The molecule has 1 aliphatic heterocycles. The summed E-state index contributed by atoms with van der Waals surface area (Å²) >= 11 is 0. The van der Waals surface area contributed by atoms with Crippen LogP contribution >= 0.6 is 0 Å². The van der Waals surface area contributed by atoms with Gasteiger partial charge < -0.3 is 14.8 Å². The molecule has 0 aromatic heterocycles. The molecule has 1 N–H and O–H groups in total. The summed E-state index contributed by atoms with van der Waals surface area (Å²) in [5, 5.41) is 2.05. The van der Waals surface area contributed by atoms with Crippen LogP contribution in [-0.2, 0) is 9.47 Å². The topological polar surface area (TPSA) is 30.5 Å². The fourth-order valence-electron chi connectivity index (χ4n) is 1.23. The second kappa shape index (κ2) is 3.83. The Morgan fingerprint density at radius 2 is 1.88 bits per heavy atom. The summed E-state index contributed by atoms with van der Waals surface area (Å²) in [6, 6.07) is 0. The van der Waals surface area contributed by atoms with Crippen molar-refractivity contribution in [2.45, 2.75) is 11.8 Å². The monoisotopic (exact) mass is 249 g/mol. The van der Waals surface area contributed by atoms with E-state index in [9.17, 15) is 17.6 Å². The van der Waals surface area contributed by atoms with Crippen molar-refractivity contribution in [2.24, 2.45) is 0 Å². The maximum absolute atomic E-state index is 13.3. The molecule has 1 aliphatic carbocycles. The van der Waals surface area contributed by atoms with E-state index in [1.165, 1.54) is 0 Å². The quantitative estimate of drug-likeness (QED) is 0.763. The van der Waals surface area contributed by atoms with Crippen LogP contribution < -0.4 is 5.32 Å². The van der Waals surface area contributed by atoms with E-state index in [1.54, 1.807) is 0 Å². The SMILES string of the molecule is FC1(F)C=CC=C(NC2=COC=CO2)C1(F)F. The van der Waals surface area contributed by atoms with Crippen LogP contribution in [0.2, 0.25) is 0 Å². The molecule has 0 bridgehead atoms. The second-order valence-corrected chi connectivity index (χ2v) is 3.27. The van der Waals surface area contributed by atoms with Crippen molar-refractivity contribution in [3.8, 4) is 0 Å². The van der Waals surface area contributed by atoms with Gasteiger partial charge in [0, 0.05) is 0 Å². The standard InChI is InChI=1S/C10H7F4NO2/c11-9(12)3-1-2-7(10(9,13)14)15-8-6-16-4-5-17-8/h1-6,15H. The Morgan fingerprint density at radius 1 is 1.12 bits per heavy atom. The summed E-state index contributed by atoms with van der Waals surface area (Å²) in [4.78, 5) is 0. The lowest BCUT2D eigenvalue weighted by Gasteiger charge is -2.29. The van der Waals surface area contributed by atoms with Gasteiger partial charge in [-0.2, -0.15) is 17.6 Å². The van der Waals surface area contributed by atoms with Crippen molar-refractivity contribution in [3.05, 3.63) is 48.6 Å². The Kier molecular flexibility index (Phi) is 2.60. The number of alkyl halides is 4. The highest BCUT2D eigenvalue weighted by molar-refractivity contribution is 5.32. The van der Waals surface area contributed by atoms with Crippen molar-refractivity contribution in [1.29, 1.82) is 0 Å². The highest BCUT2D eigenvalue weighted by Crippen LogP contribution is 2.42.